The zero-order valence-corrected chi connectivity index (χ0v) is 12.9. The average Bonchev–Trinajstić information content (AvgIpc) is 3.12. The number of H-pyrrole nitrogens is 1. The molecule has 0 amide bonds. The molecule has 0 bridgehead atoms. The van der Waals surface area contributed by atoms with Gasteiger partial charge in [0, 0.05) is 11.9 Å². The van der Waals surface area contributed by atoms with Crippen molar-refractivity contribution in [3.63, 3.8) is 0 Å². The van der Waals surface area contributed by atoms with Gasteiger partial charge >= 0.3 is 0 Å². The van der Waals surface area contributed by atoms with Crippen LogP contribution in [0.4, 0.5) is 0 Å². The van der Waals surface area contributed by atoms with E-state index < -0.39 is 0 Å². The van der Waals surface area contributed by atoms with Crippen molar-refractivity contribution in [2.45, 2.75) is 19.4 Å². The van der Waals surface area contributed by atoms with E-state index in [9.17, 15) is 0 Å². The third-order valence-electron chi connectivity index (χ3n) is 3.49. The molecule has 1 heterocycles. The van der Waals surface area contributed by atoms with Gasteiger partial charge in [-0.05, 0) is 42.7 Å². The fraction of sp³-hybridized carbons (Fsp3) is 0.211. The van der Waals surface area contributed by atoms with Crippen LogP contribution < -0.4 is 9.47 Å². The molecule has 2 aromatic carbocycles. The lowest BCUT2D eigenvalue weighted by atomic mass is 10.2. The molecule has 0 aliphatic rings. The first kappa shape index (κ1) is 15.2. The molecular weight excluding hydrogens is 288 g/mol. The summed E-state index contributed by atoms with van der Waals surface area (Å²) in [6, 6.07) is 17.9. The van der Waals surface area contributed by atoms with Crippen molar-refractivity contribution in [3.05, 3.63) is 78.4 Å². The molecule has 0 radical (unpaired) electrons. The lowest BCUT2D eigenvalue weighted by Crippen LogP contribution is -2.00. The Kier molecular flexibility index (Phi) is 5.29. The molecular formula is C19H20N2O2. The number of ether oxygens (including phenoxy) is 2. The Morgan fingerprint density at radius 1 is 0.870 bits per heavy atom. The second kappa shape index (κ2) is 8.03. The maximum absolute atomic E-state index is 5.76. The highest BCUT2D eigenvalue weighted by molar-refractivity contribution is 5.31. The van der Waals surface area contributed by atoms with Crippen molar-refractivity contribution in [2.75, 3.05) is 6.61 Å². The normalized spacial score (nSPS) is 10.4. The molecule has 0 saturated carbocycles. The summed E-state index contributed by atoms with van der Waals surface area (Å²) in [4.78, 5) is 7.09. The molecule has 0 fully saturated rings. The summed E-state index contributed by atoms with van der Waals surface area (Å²) in [5.74, 6) is 1.71. The maximum atomic E-state index is 5.76. The zero-order valence-electron chi connectivity index (χ0n) is 12.9. The first-order valence-electron chi connectivity index (χ1n) is 7.77. The minimum atomic E-state index is 0.575. The van der Waals surface area contributed by atoms with Gasteiger partial charge in [0.25, 0.3) is 0 Å². The van der Waals surface area contributed by atoms with Crippen molar-refractivity contribution in [3.8, 4) is 11.5 Å². The smallest absolute Gasteiger partial charge is 0.120 e. The largest absolute Gasteiger partial charge is 0.494 e. The number of benzene rings is 2. The number of hydrogen-bond acceptors (Lipinski definition) is 3. The lowest BCUT2D eigenvalue weighted by Gasteiger charge is -2.08. The number of nitrogens with zero attached hydrogens (tertiary/aromatic N) is 1. The lowest BCUT2D eigenvalue weighted by molar-refractivity contribution is 0.299. The number of imidazole rings is 1. The summed E-state index contributed by atoms with van der Waals surface area (Å²) in [5.41, 5.74) is 2.30. The number of aromatic amines is 1. The van der Waals surface area contributed by atoms with E-state index in [1.54, 1.807) is 6.33 Å². The Morgan fingerprint density at radius 2 is 1.61 bits per heavy atom. The molecule has 1 aromatic heterocycles. The molecule has 0 aliphatic heterocycles. The van der Waals surface area contributed by atoms with E-state index in [0.29, 0.717) is 13.2 Å². The van der Waals surface area contributed by atoms with Crippen molar-refractivity contribution >= 4 is 0 Å². The molecule has 0 saturated heterocycles. The van der Waals surface area contributed by atoms with Gasteiger partial charge in [0.2, 0.25) is 0 Å². The van der Waals surface area contributed by atoms with Gasteiger partial charge in [0.1, 0.15) is 18.1 Å². The van der Waals surface area contributed by atoms with Crippen LogP contribution in [0.15, 0.2) is 67.1 Å². The highest BCUT2D eigenvalue weighted by Gasteiger charge is 1.99. The van der Waals surface area contributed by atoms with Crippen LogP contribution in [0.3, 0.4) is 0 Å². The van der Waals surface area contributed by atoms with Gasteiger partial charge in [0.05, 0.1) is 12.9 Å². The quantitative estimate of drug-likeness (QED) is 0.640. The number of aromatic nitrogens is 2. The van der Waals surface area contributed by atoms with Crippen LogP contribution in [-0.2, 0) is 13.0 Å². The minimum Gasteiger partial charge on any atom is -0.494 e. The highest BCUT2D eigenvalue weighted by Crippen LogP contribution is 2.19. The molecule has 4 nitrogen and oxygen atoms in total. The third-order valence-corrected chi connectivity index (χ3v) is 3.49. The van der Waals surface area contributed by atoms with Crippen LogP contribution in [0.25, 0.3) is 0 Å². The Morgan fingerprint density at radius 3 is 2.30 bits per heavy atom. The predicted octanol–water partition coefficient (Wildman–Crippen LogP) is 4.00. The summed E-state index contributed by atoms with van der Waals surface area (Å²) < 4.78 is 11.5. The van der Waals surface area contributed by atoms with E-state index in [1.165, 1.54) is 0 Å². The van der Waals surface area contributed by atoms with Gasteiger partial charge in [0.15, 0.2) is 0 Å². The van der Waals surface area contributed by atoms with E-state index >= 15 is 0 Å². The van der Waals surface area contributed by atoms with Crippen LogP contribution in [0.5, 0.6) is 11.5 Å². The molecule has 118 valence electrons. The van der Waals surface area contributed by atoms with E-state index in [2.05, 4.69) is 22.1 Å². The summed E-state index contributed by atoms with van der Waals surface area (Å²) in [7, 11) is 0. The van der Waals surface area contributed by atoms with Crippen molar-refractivity contribution in [1.29, 1.82) is 0 Å². The van der Waals surface area contributed by atoms with Gasteiger partial charge in [-0.3, -0.25) is 0 Å². The summed E-state index contributed by atoms with van der Waals surface area (Å²) in [6.07, 6.45) is 5.44. The standard InChI is InChI=1S/C19H20N2O2/c1-2-5-16(6-3-1)14-23-19-10-8-18(9-11-19)22-12-4-7-17-13-20-15-21-17/h1-3,5-6,8-11,13,15H,4,7,12,14H2,(H,20,21). The number of rotatable bonds is 8. The van der Waals surface area contributed by atoms with Gasteiger partial charge in [-0.15, -0.1) is 0 Å². The summed E-state index contributed by atoms with van der Waals surface area (Å²) in [6.45, 7) is 1.26. The zero-order chi connectivity index (χ0) is 15.7. The van der Waals surface area contributed by atoms with E-state index in [1.807, 2.05) is 48.7 Å². The molecule has 3 aromatic rings. The number of aryl methyl sites for hydroxylation is 1. The van der Waals surface area contributed by atoms with Crippen LogP contribution in [0.1, 0.15) is 17.7 Å². The SMILES string of the molecule is c1ccc(COc2ccc(OCCCc3cnc[nH]3)cc2)cc1. The Balaban J connectivity index is 1.40. The highest BCUT2D eigenvalue weighted by atomic mass is 16.5. The average molecular weight is 308 g/mol. The van der Waals surface area contributed by atoms with Crippen molar-refractivity contribution in [1.82, 2.24) is 9.97 Å². The fourth-order valence-electron chi connectivity index (χ4n) is 2.25. The van der Waals surface area contributed by atoms with Crippen LogP contribution in [-0.4, -0.2) is 16.6 Å². The van der Waals surface area contributed by atoms with E-state index in [-0.39, 0.29) is 0 Å². The Labute approximate surface area is 136 Å². The van der Waals surface area contributed by atoms with Gasteiger partial charge < -0.3 is 14.5 Å². The predicted molar refractivity (Wildman–Crippen MR) is 89.6 cm³/mol. The molecule has 3 rings (SSSR count). The molecule has 4 heteroatoms. The second-order valence-electron chi connectivity index (χ2n) is 5.27. The van der Waals surface area contributed by atoms with Crippen LogP contribution in [0.2, 0.25) is 0 Å². The van der Waals surface area contributed by atoms with Crippen molar-refractivity contribution in [2.24, 2.45) is 0 Å². The molecule has 0 unspecified atom stereocenters. The van der Waals surface area contributed by atoms with Gasteiger partial charge in [-0.2, -0.15) is 0 Å². The molecule has 1 N–H and O–H groups in total. The number of nitrogens with one attached hydrogen (secondary N) is 1. The summed E-state index contributed by atoms with van der Waals surface area (Å²) in [5, 5.41) is 0. The maximum Gasteiger partial charge on any atom is 0.120 e. The number of hydrogen-bond donors (Lipinski definition) is 1. The van der Waals surface area contributed by atoms with Crippen LogP contribution >= 0.6 is 0 Å². The summed E-state index contributed by atoms with van der Waals surface area (Å²) >= 11 is 0. The van der Waals surface area contributed by atoms with Gasteiger partial charge in [-0.25, -0.2) is 4.98 Å². The first-order chi connectivity index (χ1) is 11.4. The topological polar surface area (TPSA) is 47.1 Å². The molecule has 0 spiro atoms. The van der Waals surface area contributed by atoms with Crippen LogP contribution in [0, 0.1) is 0 Å². The third kappa shape index (κ3) is 4.88. The monoisotopic (exact) mass is 308 g/mol. The Bertz CT molecular complexity index is 679. The fourth-order valence-corrected chi connectivity index (χ4v) is 2.25. The van der Waals surface area contributed by atoms with Gasteiger partial charge in [-0.1, -0.05) is 30.3 Å². The van der Waals surface area contributed by atoms with E-state index in [0.717, 1.165) is 35.6 Å². The first-order valence-corrected chi connectivity index (χ1v) is 7.77. The molecule has 23 heavy (non-hydrogen) atoms. The molecule has 0 atom stereocenters. The minimum absolute atomic E-state index is 0.575. The molecule has 0 aliphatic carbocycles. The van der Waals surface area contributed by atoms with E-state index in [4.69, 9.17) is 9.47 Å². The second-order valence-corrected chi connectivity index (χ2v) is 5.27. The Hall–Kier alpha value is -2.75. The van der Waals surface area contributed by atoms with Crippen molar-refractivity contribution < 1.29 is 9.47 Å².